The van der Waals surface area contributed by atoms with Crippen molar-refractivity contribution in [3.05, 3.63) is 69.6 Å². The van der Waals surface area contributed by atoms with E-state index in [4.69, 9.17) is 15.0 Å². The van der Waals surface area contributed by atoms with Gasteiger partial charge in [0.25, 0.3) is 5.91 Å². The lowest BCUT2D eigenvalue weighted by molar-refractivity contribution is -0.155. The zero-order valence-corrected chi connectivity index (χ0v) is 19.2. The molecule has 0 spiro atoms. The SMILES string of the molecule is CC(C)(C)OC(=O)C1c2ccccc2Oc2ccc(C(=O)N3CCC(CN=[N+]=[N-])CC3)cc21. The molecule has 0 aromatic heterocycles. The molecule has 1 fully saturated rings. The third-order valence-corrected chi connectivity index (χ3v) is 5.96. The third-order valence-electron chi connectivity index (χ3n) is 5.96. The summed E-state index contributed by atoms with van der Waals surface area (Å²) in [6.45, 7) is 7.19. The highest BCUT2D eigenvalue weighted by Gasteiger charge is 2.36. The molecular formula is C25H28N4O4. The number of likely N-dealkylation sites (tertiary alicyclic amines) is 1. The summed E-state index contributed by atoms with van der Waals surface area (Å²) in [5.41, 5.74) is 9.75. The van der Waals surface area contributed by atoms with Gasteiger partial charge in [-0.25, -0.2) is 0 Å². The number of hydrogen-bond donors (Lipinski definition) is 0. The van der Waals surface area contributed by atoms with Gasteiger partial charge in [-0.15, -0.1) is 0 Å². The predicted molar refractivity (Wildman–Crippen MR) is 123 cm³/mol. The van der Waals surface area contributed by atoms with Crippen molar-refractivity contribution in [1.82, 2.24) is 4.90 Å². The molecule has 1 saturated heterocycles. The Kier molecular flexibility index (Phi) is 6.29. The molecular weight excluding hydrogens is 420 g/mol. The van der Waals surface area contributed by atoms with Crippen LogP contribution >= 0.6 is 0 Å². The number of amides is 1. The molecule has 0 N–H and O–H groups in total. The maximum absolute atomic E-state index is 13.2. The van der Waals surface area contributed by atoms with Crippen LogP contribution in [0.25, 0.3) is 10.4 Å². The minimum absolute atomic E-state index is 0.0816. The Morgan fingerprint density at radius 3 is 2.52 bits per heavy atom. The fourth-order valence-electron chi connectivity index (χ4n) is 4.37. The van der Waals surface area contributed by atoms with E-state index in [1.54, 1.807) is 18.2 Å². The molecule has 33 heavy (non-hydrogen) atoms. The van der Waals surface area contributed by atoms with Crippen molar-refractivity contribution < 1.29 is 19.1 Å². The average molecular weight is 449 g/mol. The summed E-state index contributed by atoms with van der Waals surface area (Å²) in [7, 11) is 0. The Labute approximate surface area is 193 Å². The summed E-state index contributed by atoms with van der Waals surface area (Å²) in [5, 5.41) is 3.66. The lowest BCUT2D eigenvalue weighted by atomic mass is 9.86. The largest absolute Gasteiger partial charge is 0.459 e. The monoisotopic (exact) mass is 448 g/mol. The van der Waals surface area contributed by atoms with E-state index in [9.17, 15) is 9.59 Å². The number of nitrogens with zero attached hydrogens (tertiary/aromatic N) is 4. The number of rotatable bonds is 4. The molecule has 1 unspecified atom stereocenters. The van der Waals surface area contributed by atoms with Crippen LogP contribution < -0.4 is 4.74 Å². The first kappa shape index (κ1) is 22.7. The molecule has 2 aromatic rings. The molecule has 0 radical (unpaired) electrons. The van der Waals surface area contributed by atoms with Crippen LogP contribution in [0.5, 0.6) is 11.5 Å². The summed E-state index contributed by atoms with van der Waals surface area (Å²) in [6.07, 6.45) is 1.60. The Morgan fingerprint density at radius 2 is 1.82 bits per heavy atom. The maximum Gasteiger partial charge on any atom is 0.318 e. The van der Waals surface area contributed by atoms with Crippen molar-refractivity contribution >= 4 is 11.9 Å². The molecule has 8 nitrogen and oxygen atoms in total. The number of carbonyl (C=O) groups excluding carboxylic acids is 2. The van der Waals surface area contributed by atoms with Crippen molar-refractivity contribution in [1.29, 1.82) is 0 Å². The summed E-state index contributed by atoms with van der Waals surface area (Å²) in [4.78, 5) is 31.1. The second-order valence-electron chi connectivity index (χ2n) is 9.51. The van der Waals surface area contributed by atoms with Crippen LogP contribution in [0.15, 0.2) is 47.6 Å². The first-order valence-corrected chi connectivity index (χ1v) is 11.2. The topological polar surface area (TPSA) is 105 Å². The molecule has 8 heteroatoms. The van der Waals surface area contributed by atoms with Crippen LogP contribution in [0.3, 0.4) is 0 Å². The lowest BCUT2D eigenvalue weighted by Gasteiger charge is -2.32. The Morgan fingerprint density at radius 1 is 1.12 bits per heavy atom. The number of carbonyl (C=O) groups is 2. The van der Waals surface area contributed by atoms with Gasteiger partial charge in [-0.1, -0.05) is 23.3 Å². The molecule has 2 heterocycles. The highest BCUT2D eigenvalue weighted by atomic mass is 16.6. The van der Waals surface area contributed by atoms with E-state index in [0.717, 1.165) is 18.4 Å². The molecule has 172 valence electrons. The van der Waals surface area contributed by atoms with Gasteiger partial charge in [-0.3, -0.25) is 9.59 Å². The molecule has 0 bridgehead atoms. The number of esters is 1. The Hall–Kier alpha value is -3.51. The van der Waals surface area contributed by atoms with Gasteiger partial charge in [0, 0.05) is 41.2 Å². The van der Waals surface area contributed by atoms with Crippen molar-refractivity contribution in [2.45, 2.75) is 45.1 Å². The van der Waals surface area contributed by atoms with E-state index in [1.165, 1.54) is 0 Å². The second kappa shape index (κ2) is 9.16. The van der Waals surface area contributed by atoms with Crippen molar-refractivity contribution in [3.8, 4) is 11.5 Å². The van der Waals surface area contributed by atoms with Gasteiger partial charge in [0.1, 0.15) is 23.0 Å². The summed E-state index contributed by atoms with van der Waals surface area (Å²) < 4.78 is 11.8. The van der Waals surface area contributed by atoms with Gasteiger partial charge in [0.15, 0.2) is 0 Å². The average Bonchev–Trinajstić information content (AvgIpc) is 2.79. The van der Waals surface area contributed by atoms with E-state index in [-0.39, 0.29) is 11.9 Å². The van der Waals surface area contributed by atoms with Gasteiger partial charge in [0.2, 0.25) is 0 Å². The first-order chi connectivity index (χ1) is 15.8. The van der Waals surface area contributed by atoms with Crippen LogP contribution in [0.2, 0.25) is 0 Å². The quantitative estimate of drug-likeness (QED) is 0.269. The lowest BCUT2D eigenvalue weighted by Crippen LogP contribution is -2.39. The van der Waals surface area contributed by atoms with Crippen LogP contribution in [0.4, 0.5) is 0 Å². The fourth-order valence-corrected chi connectivity index (χ4v) is 4.37. The minimum Gasteiger partial charge on any atom is -0.459 e. The van der Waals surface area contributed by atoms with Gasteiger partial charge < -0.3 is 14.4 Å². The van der Waals surface area contributed by atoms with Crippen molar-refractivity contribution in [2.75, 3.05) is 19.6 Å². The van der Waals surface area contributed by atoms with Crippen LogP contribution in [-0.4, -0.2) is 42.0 Å². The number of azide groups is 1. The zero-order chi connectivity index (χ0) is 23.6. The van der Waals surface area contributed by atoms with E-state index >= 15 is 0 Å². The summed E-state index contributed by atoms with van der Waals surface area (Å²) in [6, 6.07) is 12.7. The van der Waals surface area contributed by atoms with Crippen LogP contribution in [0, 0.1) is 5.92 Å². The van der Waals surface area contributed by atoms with Gasteiger partial charge in [0.05, 0.1) is 0 Å². The van der Waals surface area contributed by atoms with E-state index in [1.807, 2.05) is 49.9 Å². The molecule has 0 aliphatic carbocycles. The number of para-hydroxylation sites is 1. The normalized spacial score (nSPS) is 17.8. The number of hydrogen-bond acceptors (Lipinski definition) is 5. The molecule has 2 aromatic carbocycles. The third kappa shape index (κ3) is 4.96. The molecule has 1 amide bonds. The van der Waals surface area contributed by atoms with E-state index < -0.39 is 11.5 Å². The number of piperidine rings is 1. The predicted octanol–water partition coefficient (Wildman–Crippen LogP) is 5.43. The molecule has 0 saturated carbocycles. The van der Waals surface area contributed by atoms with Gasteiger partial charge in [-0.05, 0) is 69.3 Å². The highest BCUT2D eigenvalue weighted by Crippen LogP contribution is 2.45. The smallest absolute Gasteiger partial charge is 0.318 e. The minimum atomic E-state index is -0.675. The van der Waals surface area contributed by atoms with Crippen LogP contribution in [-0.2, 0) is 9.53 Å². The van der Waals surface area contributed by atoms with Crippen molar-refractivity contribution in [3.63, 3.8) is 0 Å². The van der Waals surface area contributed by atoms with E-state index in [2.05, 4.69) is 10.0 Å². The molecule has 1 atom stereocenters. The maximum atomic E-state index is 13.2. The standard InChI is InChI=1S/C25H28N4O4/c1-25(2,3)33-24(31)22-18-6-4-5-7-20(18)32-21-9-8-17(14-19(21)22)23(30)29-12-10-16(11-13-29)15-27-28-26/h4-9,14,16,22H,10-13,15H2,1-3H3. The van der Waals surface area contributed by atoms with Gasteiger partial charge >= 0.3 is 5.97 Å². The number of fused-ring (bicyclic) bond motifs is 2. The van der Waals surface area contributed by atoms with Gasteiger partial charge in [-0.2, -0.15) is 0 Å². The second-order valence-corrected chi connectivity index (χ2v) is 9.51. The van der Waals surface area contributed by atoms with E-state index in [0.29, 0.717) is 48.2 Å². The molecule has 2 aliphatic rings. The highest BCUT2D eigenvalue weighted by molar-refractivity contribution is 5.96. The Bertz CT molecular complexity index is 1110. The first-order valence-electron chi connectivity index (χ1n) is 11.2. The Balaban J connectivity index is 1.61. The molecule has 2 aliphatic heterocycles. The number of ether oxygens (including phenoxy) is 2. The van der Waals surface area contributed by atoms with Crippen LogP contribution in [0.1, 0.15) is 61.0 Å². The number of benzene rings is 2. The molecule has 4 rings (SSSR count). The summed E-state index contributed by atoms with van der Waals surface area (Å²) >= 11 is 0. The summed E-state index contributed by atoms with van der Waals surface area (Å²) in [5.74, 6) is 0.336. The fraction of sp³-hybridized carbons (Fsp3) is 0.440. The van der Waals surface area contributed by atoms with Crippen molar-refractivity contribution in [2.24, 2.45) is 11.0 Å². The zero-order valence-electron chi connectivity index (χ0n) is 19.2.